The number of para-hydroxylation sites is 1. The number of carbonyl (C=O) groups excluding carboxylic acids is 2. The number of non-ortho nitro benzene ring substituents is 1. The summed E-state index contributed by atoms with van der Waals surface area (Å²) in [4.78, 5) is 35.8. The predicted octanol–water partition coefficient (Wildman–Crippen LogP) is 3.33. The first-order valence-corrected chi connectivity index (χ1v) is 9.17. The van der Waals surface area contributed by atoms with E-state index in [1.165, 1.54) is 12.1 Å². The standard InChI is InChI=1S/C21H21N3O5/c1-3-29-21(26)17-13(2)22-20(25)18(17)19(23-15-7-5-4-6-8-15)14-9-11-16(12-10-14)24(27)28/h4-12,18-19,23H,3H2,1-2H3,(H,22,25). The van der Waals surface area contributed by atoms with Crippen molar-refractivity contribution in [2.24, 2.45) is 5.92 Å². The maximum Gasteiger partial charge on any atom is 0.336 e. The number of rotatable bonds is 7. The lowest BCUT2D eigenvalue weighted by Crippen LogP contribution is -2.32. The van der Waals surface area contributed by atoms with Crippen molar-refractivity contribution >= 4 is 23.3 Å². The highest BCUT2D eigenvalue weighted by atomic mass is 16.6. The summed E-state index contributed by atoms with van der Waals surface area (Å²) in [6.07, 6.45) is 0. The lowest BCUT2D eigenvalue weighted by molar-refractivity contribution is -0.384. The molecular weight excluding hydrogens is 374 g/mol. The first-order chi connectivity index (χ1) is 13.9. The van der Waals surface area contributed by atoms with Crippen molar-refractivity contribution in [2.75, 3.05) is 11.9 Å². The van der Waals surface area contributed by atoms with Crippen molar-refractivity contribution in [2.45, 2.75) is 19.9 Å². The van der Waals surface area contributed by atoms with Gasteiger partial charge in [0.25, 0.3) is 5.69 Å². The number of ether oxygens (including phenoxy) is 1. The predicted molar refractivity (Wildman–Crippen MR) is 107 cm³/mol. The number of allylic oxidation sites excluding steroid dienone is 1. The minimum atomic E-state index is -0.851. The highest BCUT2D eigenvalue weighted by Gasteiger charge is 2.42. The van der Waals surface area contributed by atoms with Crippen LogP contribution in [0.4, 0.5) is 11.4 Å². The minimum Gasteiger partial charge on any atom is -0.463 e. The van der Waals surface area contributed by atoms with Crippen molar-refractivity contribution < 1.29 is 19.2 Å². The molecule has 2 atom stereocenters. The number of nitro benzene ring substituents is 1. The number of anilines is 1. The van der Waals surface area contributed by atoms with Crippen molar-refractivity contribution in [3.05, 3.63) is 81.5 Å². The maximum absolute atomic E-state index is 12.8. The molecule has 2 unspecified atom stereocenters. The van der Waals surface area contributed by atoms with E-state index in [2.05, 4.69) is 10.6 Å². The van der Waals surface area contributed by atoms with Gasteiger partial charge < -0.3 is 15.4 Å². The van der Waals surface area contributed by atoms with Crippen LogP contribution in [0.2, 0.25) is 0 Å². The van der Waals surface area contributed by atoms with Crippen LogP contribution >= 0.6 is 0 Å². The van der Waals surface area contributed by atoms with E-state index in [-0.39, 0.29) is 23.8 Å². The van der Waals surface area contributed by atoms with Gasteiger partial charge in [0.15, 0.2) is 0 Å². The van der Waals surface area contributed by atoms with E-state index in [0.29, 0.717) is 11.3 Å². The van der Waals surface area contributed by atoms with Gasteiger partial charge >= 0.3 is 5.97 Å². The topological polar surface area (TPSA) is 111 Å². The Morgan fingerprint density at radius 1 is 1.21 bits per heavy atom. The summed E-state index contributed by atoms with van der Waals surface area (Å²) in [5.74, 6) is -1.75. The molecule has 0 bridgehead atoms. The second-order valence-corrected chi connectivity index (χ2v) is 6.56. The normalized spacial score (nSPS) is 16.9. The maximum atomic E-state index is 12.8. The fourth-order valence-electron chi connectivity index (χ4n) is 3.38. The number of hydrogen-bond acceptors (Lipinski definition) is 6. The van der Waals surface area contributed by atoms with Crippen LogP contribution in [-0.2, 0) is 14.3 Å². The van der Waals surface area contributed by atoms with Crippen LogP contribution in [-0.4, -0.2) is 23.4 Å². The van der Waals surface area contributed by atoms with E-state index in [9.17, 15) is 19.7 Å². The number of benzene rings is 2. The third kappa shape index (κ3) is 4.26. The van der Waals surface area contributed by atoms with E-state index < -0.39 is 22.9 Å². The van der Waals surface area contributed by atoms with Gasteiger partial charge in [-0.1, -0.05) is 30.3 Å². The molecule has 0 aliphatic carbocycles. The van der Waals surface area contributed by atoms with Crippen molar-refractivity contribution in [3.63, 3.8) is 0 Å². The fourth-order valence-corrected chi connectivity index (χ4v) is 3.38. The number of amides is 1. The Bertz CT molecular complexity index is 954. The highest BCUT2D eigenvalue weighted by molar-refractivity contribution is 6.02. The number of esters is 1. The molecule has 1 aliphatic heterocycles. The first-order valence-electron chi connectivity index (χ1n) is 9.17. The van der Waals surface area contributed by atoms with E-state index in [4.69, 9.17) is 4.74 Å². The molecule has 8 heteroatoms. The summed E-state index contributed by atoms with van der Waals surface area (Å²) in [7, 11) is 0. The molecule has 0 spiro atoms. The summed E-state index contributed by atoms with van der Waals surface area (Å²) in [6, 6.07) is 14.5. The quantitative estimate of drug-likeness (QED) is 0.423. The van der Waals surface area contributed by atoms with E-state index in [0.717, 1.165) is 5.69 Å². The third-order valence-corrected chi connectivity index (χ3v) is 4.70. The number of carbonyl (C=O) groups is 2. The molecule has 2 aromatic carbocycles. The average molecular weight is 395 g/mol. The molecule has 0 aromatic heterocycles. The van der Waals surface area contributed by atoms with Crippen molar-refractivity contribution in [1.29, 1.82) is 0 Å². The van der Waals surface area contributed by atoms with E-state index in [1.807, 2.05) is 30.3 Å². The Labute approximate surface area is 167 Å². The molecule has 0 fully saturated rings. The van der Waals surface area contributed by atoms with Gasteiger partial charge in [0.05, 0.1) is 29.1 Å². The SMILES string of the molecule is CCOC(=O)C1=C(C)NC(=O)C1C(Nc1ccccc1)c1ccc([N+](=O)[O-])cc1. The van der Waals surface area contributed by atoms with Gasteiger partial charge in [-0.15, -0.1) is 0 Å². The molecule has 0 saturated heterocycles. The van der Waals surface area contributed by atoms with Crippen LogP contribution in [0.5, 0.6) is 0 Å². The van der Waals surface area contributed by atoms with Crippen LogP contribution < -0.4 is 10.6 Å². The molecule has 2 aromatic rings. The molecule has 0 saturated carbocycles. The minimum absolute atomic E-state index is 0.0552. The fraction of sp³-hybridized carbons (Fsp3) is 0.238. The Morgan fingerprint density at radius 3 is 2.45 bits per heavy atom. The summed E-state index contributed by atoms with van der Waals surface area (Å²) < 4.78 is 5.16. The Hall–Kier alpha value is -3.68. The molecule has 0 radical (unpaired) electrons. The van der Waals surface area contributed by atoms with Gasteiger partial charge in [-0.25, -0.2) is 4.79 Å². The molecule has 8 nitrogen and oxygen atoms in total. The van der Waals surface area contributed by atoms with E-state index in [1.54, 1.807) is 26.0 Å². The second-order valence-electron chi connectivity index (χ2n) is 6.56. The van der Waals surface area contributed by atoms with Gasteiger partial charge in [-0.2, -0.15) is 0 Å². The van der Waals surface area contributed by atoms with Gasteiger partial charge in [0, 0.05) is 23.5 Å². The summed E-state index contributed by atoms with van der Waals surface area (Å²) in [6.45, 7) is 3.54. The Balaban J connectivity index is 2.05. The first kappa shape index (κ1) is 20.1. The van der Waals surface area contributed by atoms with Gasteiger partial charge in [-0.3, -0.25) is 14.9 Å². The highest BCUT2D eigenvalue weighted by Crippen LogP contribution is 2.37. The largest absolute Gasteiger partial charge is 0.463 e. The van der Waals surface area contributed by atoms with Gasteiger partial charge in [0.1, 0.15) is 0 Å². The zero-order valence-corrected chi connectivity index (χ0v) is 16.0. The Kier molecular flexibility index (Phi) is 5.92. The van der Waals surface area contributed by atoms with Crippen LogP contribution in [0.25, 0.3) is 0 Å². The van der Waals surface area contributed by atoms with Crippen LogP contribution in [0.3, 0.4) is 0 Å². The number of nitrogens with one attached hydrogen (secondary N) is 2. The molecule has 150 valence electrons. The molecule has 3 rings (SSSR count). The third-order valence-electron chi connectivity index (χ3n) is 4.70. The average Bonchev–Trinajstić information content (AvgIpc) is 3.01. The lowest BCUT2D eigenvalue weighted by atomic mass is 9.87. The second kappa shape index (κ2) is 8.55. The van der Waals surface area contributed by atoms with Gasteiger partial charge in [0.2, 0.25) is 5.91 Å². The van der Waals surface area contributed by atoms with Crippen LogP contribution in [0.15, 0.2) is 65.9 Å². The molecule has 1 heterocycles. The zero-order valence-electron chi connectivity index (χ0n) is 16.0. The Morgan fingerprint density at radius 2 is 1.86 bits per heavy atom. The zero-order chi connectivity index (χ0) is 21.0. The summed E-state index contributed by atoms with van der Waals surface area (Å²) in [5, 5.41) is 17.0. The van der Waals surface area contributed by atoms with Crippen LogP contribution in [0, 0.1) is 16.0 Å². The smallest absolute Gasteiger partial charge is 0.336 e. The number of nitrogens with zero attached hydrogens (tertiary/aromatic N) is 1. The number of nitro groups is 1. The van der Waals surface area contributed by atoms with Crippen molar-refractivity contribution in [3.8, 4) is 0 Å². The van der Waals surface area contributed by atoms with Gasteiger partial charge in [-0.05, 0) is 31.5 Å². The lowest BCUT2D eigenvalue weighted by Gasteiger charge is -2.26. The van der Waals surface area contributed by atoms with E-state index >= 15 is 0 Å². The summed E-state index contributed by atoms with van der Waals surface area (Å²) >= 11 is 0. The monoisotopic (exact) mass is 395 g/mol. The van der Waals surface area contributed by atoms with Crippen molar-refractivity contribution in [1.82, 2.24) is 5.32 Å². The molecular formula is C21H21N3O5. The summed E-state index contributed by atoms with van der Waals surface area (Å²) in [5.41, 5.74) is 2.02. The molecule has 2 N–H and O–H groups in total. The molecule has 29 heavy (non-hydrogen) atoms. The molecule has 1 amide bonds. The van der Waals surface area contributed by atoms with Crippen LogP contribution in [0.1, 0.15) is 25.5 Å². The molecule has 1 aliphatic rings. The number of hydrogen-bond donors (Lipinski definition) is 2.